The molecule has 2 fully saturated rings. The Kier molecular flexibility index (Phi) is 10.9. The number of ketones is 1. The minimum atomic E-state index is -0.786. The number of Topliss-reactive ketones (excluding diaryl/α,β-unsaturated/α-hetero) is 1. The number of ether oxygens (including phenoxy) is 1. The van der Waals surface area contributed by atoms with Gasteiger partial charge in [0.05, 0.1) is 13.2 Å². The lowest BCUT2D eigenvalue weighted by Gasteiger charge is -2.30. The number of methoxy groups -OCH3 is 1. The van der Waals surface area contributed by atoms with Gasteiger partial charge in [-0.25, -0.2) is 4.79 Å². The van der Waals surface area contributed by atoms with E-state index < -0.39 is 18.2 Å². The standard InChI is InChI=1S/C36H43N4O6P/c1-22(2)33(38-36(45)46-3)35(44)40-17-5-7-30(40)34(43)37-28-14-12-24(13-15-28)26-11-10-25-18-23(8-9-27(25)20-26)19-31(41)29-6-4-16-39(29)32(42)21-47/h8-15,18,20,22,29-30,33H,4-7,16-17,19,21,47H2,1-3H3,(H,37,43)(H,38,45)/t29-,30-,33-/m0/s1. The number of hydrogen-bond acceptors (Lipinski definition) is 6. The van der Waals surface area contributed by atoms with Crippen LogP contribution in [0.4, 0.5) is 10.5 Å². The van der Waals surface area contributed by atoms with Crippen molar-refractivity contribution in [3.05, 3.63) is 66.2 Å². The Bertz CT molecular complexity index is 1660. The molecular formula is C36H43N4O6P. The zero-order chi connectivity index (χ0) is 33.7. The quantitative estimate of drug-likeness (QED) is 0.302. The summed E-state index contributed by atoms with van der Waals surface area (Å²) in [6.07, 6.45) is 2.77. The van der Waals surface area contributed by atoms with Crippen LogP contribution in [0.2, 0.25) is 0 Å². The predicted molar refractivity (Wildman–Crippen MR) is 185 cm³/mol. The number of rotatable bonds is 10. The van der Waals surface area contributed by atoms with Crippen molar-refractivity contribution < 1.29 is 28.7 Å². The molecule has 248 valence electrons. The molecule has 2 N–H and O–H groups in total. The molecule has 4 amide bonds. The van der Waals surface area contributed by atoms with Crippen LogP contribution in [0.3, 0.4) is 0 Å². The van der Waals surface area contributed by atoms with E-state index in [9.17, 15) is 24.0 Å². The summed E-state index contributed by atoms with van der Waals surface area (Å²) in [7, 11) is 3.70. The van der Waals surface area contributed by atoms with Gasteiger partial charge in [0.2, 0.25) is 17.7 Å². The van der Waals surface area contributed by atoms with Gasteiger partial charge in [-0.2, -0.15) is 0 Å². The number of nitrogens with one attached hydrogen (secondary N) is 2. The highest BCUT2D eigenvalue weighted by Gasteiger charge is 2.39. The summed E-state index contributed by atoms with van der Waals surface area (Å²) in [5.74, 6) is -0.645. The zero-order valence-corrected chi connectivity index (χ0v) is 28.3. The third-order valence-electron chi connectivity index (χ3n) is 9.12. The largest absolute Gasteiger partial charge is 0.453 e. The Morgan fingerprint density at radius 3 is 2.17 bits per heavy atom. The molecule has 10 nitrogen and oxygen atoms in total. The van der Waals surface area contributed by atoms with E-state index in [1.165, 1.54) is 7.11 Å². The zero-order valence-electron chi connectivity index (χ0n) is 27.2. The molecule has 2 aliphatic heterocycles. The first-order valence-corrected chi connectivity index (χ1v) is 17.0. The summed E-state index contributed by atoms with van der Waals surface area (Å²) in [4.78, 5) is 67.0. The average Bonchev–Trinajstić information content (AvgIpc) is 3.77. The van der Waals surface area contributed by atoms with Gasteiger partial charge in [-0.15, -0.1) is 9.24 Å². The lowest BCUT2D eigenvalue weighted by molar-refractivity contribution is -0.139. The van der Waals surface area contributed by atoms with Gasteiger partial charge in [-0.3, -0.25) is 19.2 Å². The number of carbonyl (C=O) groups excluding carboxylic acids is 5. The number of anilines is 1. The smallest absolute Gasteiger partial charge is 0.407 e. The number of likely N-dealkylation sites (tertiary alicyclic amines) is 2. The van der Waals surface area contributed by atoms with Gasteiger partial charge in [-0.05, 0) is 77.3 Å². The van der Waals surface area contributed by atoms with Crippen molar-refractivity contribution in [2.75, 3.05) is 31.7 Å². The highest BCUT2D eigenvalue weighted by atomic mass is 31.0. The van der Waals surface area contributed by atoms with Crippen LogP contribution >= 0.6 is 9.24 Å². The van der Waals surface area contributed by atoms with E-state index in [1.807, 2.05) is 68.4 Å². The van der Waals surface area contributed by atoms with Gasteiger partial charge in [0.25, 0.3) is 0 Å². The number of carbonyl (C=O) groups is 5. The van der Waals surface area contributed by atoms with Crippen LogP contribution in [0.5, 0.6) is 0 Å². The molecule has 2 heterocycles. The summed E-state index contributed by atoms with van der Waals surface area (Å²) >= 11 is 0. The molecule has 47 heavy (non-hydrogen) atoms. The Labute approximate surface area is 277 Å². The second-order valence-corrected chi connectivity index (χ2v) is 13.0. The van der Waals surface area contributed by atoms with E-state index in [0.29, 0.717) is 44.2 Å². The van der Waals surface area contributed by atoms with Crippen LogP contribution in [-0.2, 0) is 30.3 Å². The minimum Gasteiger partial charge on any atom is -0.453 e. The molecule has 3 aromatic rings. The van der Waals surface area contributed by atoms with Crippen LogP contribution < -0.4 is 10.6 Å². The van der Waals surface area contributed by atoms with Crippen LogP contribution in [0, 0.1) is 5.92 Å². The van der Waals surface area contributed by atoms with Crippen molar-refractivity contribution in [3.63, 3.8) is 0 Å². The third kappa shape index (κ3) is 7.82. The molecule has 0 bridgehead atoms. The minimum absolute atomic E-state index is 0.00545. The molecule has 0 saturated carbocycles. The topological polar surface area (TPSA) is 125 Å². The molecular weight excluding hydrogens is 615 g/mol. The van der Waals surface area contributed by atoms with Crippen LogP contribution in [0.1, 0.15) is 45.1 Å². The molecule has 5 rings (SSSR count). The SMILES string of the molecule is COC(=O)N[C@H](C(=O)N1CCC[C@H]1C(=O)Nc1ccc(-c2ccc3cc(CC(=O)[C@@H]4CCCN4C(=O)CP)ccc3c2)cc1)C(C)C. The van der Waals surface area contributed by atoms with Gasteiger partial charge in [0.1, 0.15) is 12.1 Å². The molecule has 2 aliphatic rings. The fraction of sp³-hybridized carbons (Fsp3) is 0.417. The Morgan fingerprint density at radius 2 is 1.49 bits per heavy atom. The van der Waals surface area contributed by atoms with Crippen molar-refractivity contribution >= 4 is 55.3 Å². The predicted octanol–water partition coefficient (Wildman–Crippen LogP) is 4.79. The highest BCUT2D eigenvalue weighted by Crippen LogP contribution is 2.28. The first kappa shape index (κ1) is 34.0. The van der Waals surface area contributed by atoms with Gasteiger partial charge in [0.15, 0.2) is 5.78 Å². The van der Waals surface area contributed by atoms with Crippen molar-refractivity contribution in [3.8, 4) is 11.1 Å². The number of alkyl carbamates (subject to hydrolysis) is 1. The molecule has 2 saturated heterocycles. The molecule has 0 radical (unpaired) electrons. The second-order valence-electron chi connectivity index (χ2n) is 12.6. The lowest BCUT2D eigenvalue weighted by Crippen LogP contribution is -2.54. The van der Waals surface area contributed by atoms with E-state index in [-0.39, 0.29) is 35.5 Å². The van der Waals surface area contributed by atoms with Crippen molar-refractivity contribution in [1.82, 2.24) is 15.1 Å². The fourth-order valence-electron chi connectivity index (χ4n) is 6.57. The molecule has 3 aromatic carbocycles. The maximum Gasteiger partial charge on any atom is 0.407 e. The summed E-state index contributed by atoms with van der Waals surface area (Å²) < 4.78 is 4.68. The fourth-order valence-corrected chi connectivity index (χ4v) is 6.81. The number of fused-ring (bicyclic) bond motifs is 1. The van der Waals surface area contributed by atoms with Crippen molar-refractivity contribution in [1.29, 1.82) is 0 Å². The number of nitrogens with zero attached hydrogens (tertiary/aromatic N) is 2. The van der Waals surface area contributed by atoms with Crippen LogP contribution in [0.15, 0.2) is 60.7 Å². The summed E-state index contributed by atoms with van der Waals surface area (Å²) in [6, 6.07) is 18.0. The van der Waals surface area contributed by atoms with E-state index >= 15 is 0 Å². The van der Waals surface area contributed by atoms with Gasteiger partial charge in [0, 0.05) is 31.4 Å². The van der Waals surface area contributed by atoms with E-state index in [0.717, 1.165) is 40.3 Å². The van der Waals surface area contributed by atoms with E-state index in [4.69, 9.17) is 0 Å². The normalized spacial score (nSPS) is 18.3. The van der Waals surface area contributed by atoms with Gasteiger partial charge < -0.3 is 25.2 Å². The molecule has 0 aromatic heterocycles. The Hall–Kier alpha value is -4.30. The molecule has 0 spiro atoms. The number of amides is 4. The lowest BCUT2D eigenvalue weighted by atomic mass is 9.97. The van der Waals surface area contributed by atoms with Crippen LogP contribution in [-0.4, -0.2) is 83.9 Å². The monoisotopic (exact) mass is 658 g/mol. The molecule has 4 atom stereocenters. The van der Waals surface area contributed by atoms with Gasteiger partial charge in [-0.1, -0.05) is 56.3 Å². The maximum absolute atomic E-state index is 13.3. The highest BCUT2D eigenvalue weighted by molar-refractivity contribution is 7.18. The average molecular weight is 659 g/mol. The molecule has 1 unspecified atom stereocenters. The summed E-state index contributed by atoms with van der Waals surface area (Å²) in [6.45, 7) is 4.76. The van der Waals surface area contributed by atoms with Crippen molar-refractivity contribution in [2.24, 2.45) is 5.92 Å². The third-order valence-corrected chi connectivity index (χ3v) is 9.47. The van der Waals surface area contributed by atoms with Gasteiger partial charge >= 0.3 is 6.09 Å². The van der Waals surface area contributed by atoms with E-state index in [2.05, 4.69) is 30.7 Å². The maximum atomic E-state index is 13.3. The second kappa shape index (κ2) is 15.1. The molecule has 11 heteroatoms. The summed E-state index contributed by atoms with van der Waals surface area (Å²) in [5, 5.41) is 7.64. The number of hydrogen-bond donors (Lipinski definition) is 2. The first-order chi connectivity index (χ1) is 22.6. The van der Waals surface area contributed by atoms with E-state index in [1.54, 1.807) is 9.80 Å². The Balaban J connectivity index is 1.22. The van der Waals surface area contributed by atoms with Crippen LogP contribution in [0.25, 0.3) is 21.9 Å². The number of benzene rings is 3. The van der Waals surface area contributed by atoms with Crippen molar-refractivity contribution in [2.45, 2.75) is 64.1 Å². The first-order valence-electron chi connectivity index (χ1n) is 16.2. The molecule has 0 aliphatic carbocycles. The Morgan fingerprint density at radius 1 is 0.851 bits per heavy atom. The summed E-state index contributed by atoms with van der Waals surface area (Å²) in [5.41, 5.74) is 3.56.